The first kappa shape index (κ1) is 28.7. The van der Waals surface area contributed by atoms with Crippen LogP contribution in [0.2, 0.25) is 0 Å². The molecule has 2 saturated heterocycles. The highest BCUT2D eigenvalue weighted by Crippen LogP contribution is 2.42. The fourth-order valence-corrected chi connectivity index (χ4v) is 7.87. The third-order valence-electron chi connectivity index (χ3n) is 8.76. The van der Waals surface area contributed by atoms with Crippen LogP contribution in [0.4, 0.5) is 4.39 Å². The molecule has 0 radical (unpaired) electrons. The van der Waals surface area contributed by atoms with Gasteiger partial charge in [-0.3, -0.25) is 14.5 Å². The van der Waals surface area contributed by atoms with Crippen molar-refractivity contribution in [1.82, 2.24) is 15.1 Å². The second kappa shape index (κ2) is 13.3. The first-order valence-electron chi connectivity index (χ1n) is 15.1. The van der Waals surface area contributed by atoms with E-state index in [4.69, 9.17) is 0 Å². The highest BCUT2D eigenvalue weighted by Gasteiger charge is 2.40. The number of halogens is 1. The van der Waals surface area contributed by atoms with E-state index in [1.165, 1.54) is 11.6 Å². The molecule has 2 aliphatic heterocycles. The third kappa shape index (κ3) is 6.79. The maximum Gasteiger partial charge on any atom is 0.260 e. The molecule has 7 heteroatoms. The predicted molar refractivity (Wildman–Crippen MR) is 167 cm³/mol. The van der Waals surface area contributed by atoms with Gasteiger partial charge in [-0.05, 0) is 61.1 Å². The molecular formula is C35H38FN3O2S. The second-order valence-electron chi connectivity index (χ2n) is 11.7. The minimum atomic E-state index is -0.270. The van der Waals surface area contributed by atoms with Crippen LogP contribution >= 0.6 is 11.8 Å². The molecule has 5 nitrogen and oxygen atoms in total. The van der Waals surface area contributed by atoms with E-state index >= 15 is 0 Å². The minimum absolute atomic E-state index is 0.0353. The van der Waals surface area contributed by atoms with Gasteiger partial charge >= 0.3 is 0 Å². The number of amides is 2. The van der Waals surface area contributed by atoms with Crippen molar-refractivity contribution < 1.29 is 14.0 Å². The normalized spacial score (nSPS) is 22.6. The maximum absolute atomic E-state index is 14.5. The summed E-state index contributed by atoms with van der Waals surface area (Å²) in [5.74, 6) is -0.361. The molecule has 218 valence electrons. The van der Waals surface area contributed by atoms with Crippen molar-refractivity contribution in [2.24, 2.45) is 0 Å². The lowest BCUT2D eigenvalue weighted by Crippen LogP contribution is -2.50. The smallest absolute Gasteiger partial charge is 0.260 e. The highest BCUT2D eigenvalue weighted by molar-refractivity contribution is 8.04. The first-order chi connectivity index (χ1) is 20.5. The zero-order valence-electron chi connectivity index (χ0n) is 23.9. The highest BCUT2D eigenvalue weighted by atomic mass is 32.2. The third-order valence-corrected chi connectivity index (χ3v) is 10.2. The zero-order chi connectivity index (χ0) is 28.9. The van der Waals surface area contributed by atoms with Crippen LogP contribution in [0, 0.1) is 5.82 Å². The fourth-order valence-electron chi connectivity index (χ4n) is 6.40. The Hall–Kier alpha value is -3.42. The van der Waals surface area contributed by atoms with Crippen LogP contribution in [0.1, 0.15) is 65.6 Å². The van der Waals surface area contributed by atoms with Crippen LogP contribution in [0.15, 0.2) is 83.8 Å². The van der Waals surface area contributed by atoms with Gasteiger partial charge in [-0.1, -0.05) is 73.5 Å². The van der Waals surface area contributed by atoms with Gasteiger partial charge in [0.25, 0.3) is 11.8 Å². The molecule has 3 aromatic carbocycles. The average molecular weight is 584 g/mol. The number of rotatable bonds is 7. The van der Waals surface area contributed by atoms with Crippen LogP contribution in [-0.2, 0) is 17.9 Å². The van der Waals surface area contributed by atoms with Crippen LogP contribution in [0.25, 0.3) is 6.08 Å². The number of piperidine rings is 1. The number of nitrogens with zero attached hydrogens (tertiary/aromatic N) is 2. The molecule has 2 amide bonds. The predicted octanol–water partition coefficient (Wildman–Crippen LogP) is 6.65. The summed E-state index contributed by atoms with van der Waals surface area (Å²) in [5.41, 5.74) is 3.38. The summed E-state index contributed by atoms with van der Waals surface area (Å²) in [5, 5.41) is 3.53. The second-order valence-corrected chi connectivity index (χ2v) is 13.0. The van der Waals surface area contributed by atoms with Gasteiger partial charge in [0, 0.05) is 54.6 Å². The summed E-state index contributed by atoms with van der Waals surface area (Å²) in [7, 11) is 0. The van der Waals surface area contributed by atoms with E-state index in [2.05, 4.69) is 34.5 Å². The molecule has 2 heterocycles. The van der Waals surface area contributed by atoms with Gasteiger partial charge in [0.2, 0.25) is 0 Å². The lowest BCUT2D eigenvalue weighted by Gasteiger charge is -2.44. The molecule has 3 fully saturated rings. The number of carbonyl (C=O) groups excluding carboxylic acids is 2. The summed E-state index contributed by atoms with van der Waals surface area (Å²) < 4.78 is 14.5. The van der Waals surface area contributed by atoms with Gasteiger partial charge in [0.1, 0.15) is 5.82 Å². The van der Waals surface area contributed by atoms with Crippen molar-refractivity contribution >= 4 is 29.7 Å². The van der Waals surface area contributed by atoms with E-state index < -0.39 is 0 Å². The number of nitrogens with one attached hydrogen (secondary N) is 1. The van der Waals surface area contributed by atoms with E-state index in [-0.39, 0.29) is 36.3 Å². The van der Waals surface area contributed by atoms with Crippen LogP contribution in [0.5, 0.6) is 0 Å². The summed E-state index contributed by atoms with van der Waals surface area (Å²) in [6, 6.07) is 25.0. The number of benzene rings is 3. The molecule has 0 bridgehead atoms. The molecule has 0 spiro atoms. The van der Waals surface area contributed by atoms with E-state index in [0.717, 1.165) is 63.7 Å². The number of hydrogen-bond acceptors (Lipinski definition) is 4. The lowest BCUT2D eigenvalue weighted by atomic mass is 9.92. The van der Waals surface area contributed by atoms with E-state index in [1.54, 1.807) is 23.9 Å². The lowest BCUT2D eigenvalue weighted by molar-refractivity contribution is -0.130. The number of thioether (sulfide) groups is 1. The number of hydrogen-bond donors (Lipinski definition) is 1. The first-order valence-corrected chi connectivity index (χ1v) is 16.0. The van der Waals surface area contributed by atoms with Crippen molar-refractivity contribution in [3.05, 3.63) is 112 Å². The fraction of sp³-hybridized carbons (Fsp3) is 0.371. The Balaban J connectivity index is 1.08. The maximum atomic E-state index is 14.5. The molecule has 1 N–H and O–H groups in total. The van der Waals surface area contributed by atoms with Crippen molar-refractivity contribution in [3.8, 4) is 0 Å². The van der Waals surface area contributed by atoms with Crippen LogP contribution in [0.3, 0.4) is 0 Å². The Kier molecular flexibility index (Phi) is 9.06. The molecule has 1 aliphatic carbocycles. The average Bonchev–Trinajstić information content (AvgIpc) is 3.02. The minimum Gasteiger partial charge on any atom is -0.349 e. The Labute approximate surface area is 252 Å². The van der Waals surface area contributed by atoms with Gasteiger partial charge in [-0.15, -0.1) is 11.8 Å². The topological polar surface area (TPSA) is 52.7 Å². The number of carbonyl (C=O) groups is 2. The van der Waals surface area contributed by atoms with E-state index in [0.29, 0.717) is 21.3 Å². The Morgan fingerprint density at radius 1 is 0.881 bits per heavy atom. The monoisotopic (exact) mass is 583 g/mol. The van der Waals surface area contributed by atoms with E-state index in [9.17, 15) is 14.0 Å². The Morgan fingerprint density at radius 3 is 2.36 bits per heavy atom. The van der Waals surface area contributed by atoms with Crippen molar-refractivity contribution in [2.45, 2.75) is 68.9 Å². The van der Waals surface area contributed by atoms with Gasteiger partial charge in [0.15, 0.2) is 0 Å². The summed E-state index contributed by atoms with van der Waals surface area (Å²) in [4.78, 5) is 31.7. The molecule has 3 aromatic rings. The molecule has 2 unspecified atom stereocenters. The van der Waals surface area contributed by atoms with Crippen LogP contribution < -0.4 is 5.32 Å². The van der Waals surface area contributed by atoms with Gasteiger partial charge in [-0.25, -0.2) is 4.39 Å². The quantitative estimate of drug-likeness (QED) is 0.317. The molecule has 0 aromatic heterocycles. The molecule has 3 aliphatic rings. The zero-order valence-corrected chi connectivity index (χ0v) is 24.7. The summed E-state index contributed by atoms with van der Waals surface area (Å²) in [6.07, 6.45) is 8.06. The number of likely N-dealkylation sites (tertiary alicyclic amines) is 1. The van der Waals surface area contributed by atoms with Crippen LogP contribution in [-0.4, -0.2) is 52.0 Å². The molecule has 1 saturated carbocycles. The largest absolute Gasteiger partial charge is 0.349 e. The summed E-state index contributed by atoms with van der Waals surface area (Å²) >= 11 is 1.66. The van der Waals surface area contributed by atoms with Crippen molar-refractivity contribution in [2.75, 3.05) is 13.1 Å². The number of fused-ring (bicyclic) bond motifs is 1. The van der Waals surface area contributed by atoms with Gasteiger partial charge in [0.05, 0.1) is 4.91 Å². The molecule has 2 atom stereocenters. The van der Waals surface area contributed by atoms with Crippen molar-refractivity contribution in [1.29, 1.82) is 0 Å². The molecule has 6 rings (SSSR count). The SMILES string of the molecule is O=C(NC1CCN(Cc2ccccc2)CC1)c1ccc(/C=C2/SC3CCCCC3N(Cc3ccccc3F)C2=O)cc1. The van der Waals surface area contributed by atoms with E-state index in [1.807, 2.05) is 47.4 Å². The van der Waals surface area contributed by atoms with Crippen molar-refractivity contribution in [3.63, 3.8) is 0 Å². The summed E-state index contributed by atoms with van der Waals surface area (Å²) in [6.45, 7) is 3.16. The Morgan fingerprint density at radius 2 is 1.60 bits per heavy atom. The molecule has 42 heavy (non-hydrogen) atoms. The molecular weight excluding hydrogens is 545 g/mol. The Bertz CT molecular complexity index is 1420. The van der Waals surface area contributed by atoms with Gasteiger partial charge in [-0.2, -0.15) is 0 Å². The van der Waals surface area contributed by atoms with Gasteiger partial charge < -0.3 is 10.2 Å². The standard InChI is InChI=1S/C35H38FN3O2S/c36-30-11-5-4-10-28(30)24-39-31-12-6-7-13-32(31)42-33(35(39)41)22-25-14-16-27(17-15-25)34(40)37-29-18-20-38(21-19-29)23-26-8-2-1-3-9-26/h1-5,8-11,14-17,22,29,31-32H,6-7,12-13,18-21,23-24H2,(H,37,40)/b33-22+.